The van der Waals surface area contributed by atoms with E-state index in [9.17, 15) is 4.79 Å². The fourth-order valence-electron chi connectivity index (χ4n) is 2.98. The highest BCUT2D eigenvalue weighted by Crippen LogP contribution is 2.35. The van der Waals surface area contributed by atoms with Crippen LogP contribution >= 0.6 is 0 Å². The summed E-state index contributed by atoms with van der Waals surface area (Å²) in [4.78, 5) is 16.2. The minimum absolute atomic E-state index is 0.000878. The molecule has 0 spiro atoms. The Hall–Kier alpha value is -3.02. The first-order valence-electron chi connectivity index (χ1n) is 7.75. The van der Waals surface area contributed by atoms with Gasteiger partial charge in [0.25, 0.3) is 11.9 Å². The van der Waals surface area contributed by atoms with Crippen LogP contribution in [-0.2, 0) is 9.53 Å². The van der Waals surface area contributed by atoms with Crippen LogP contribution in [0.15, 0.2) is 47.5 Å². The van der Waals surface area contributed by atoms with Crippen molar-refractivity contribution >= 4 is 17.6 Å². The molecule has 6 nitrogen and oxygen atoms in total. The van der Waals surface area contributed by atoms with Crippen molar-refractivity contribution < 1.29 is 14.3 Å². The van der Waals surface area contributed by atoms with E-state index in [1.807, 2.05) is 24.3 Å². The highest BCUT2D eigenvalue weighted by Gasteiger charge is 2.30. The van der Waals surface area contributed by atoms with Crippen LogP contribution in [0.4, 0.5) is 5.69 Å². The maximum Gasteiger partial charge on any atom is 0.291 e. The van der Waals surface area contributed by atoms with Crippen LogP contribution in [0.25, 0.3) is 0 Å². The molecule has 1 amide bonds. The van der Waals surface area contributed by atoms with Crippen molar-refractivity contribution in [2.45, 2.75) is 18.6 Å². The quantitative estimate of drug-likeness (QED) is 0.887. The summed E-state index contributed by atoms with van der Waals surface area (Å²) in [7, 11) is 0. The van der Waals surface area contributed by atoms with Crippen molar-refractivity contribution in [3.8, 4) is 5.75 Å². The number of nitrogens with zero attached hydrogens (tertiary/aromatic N) is 1. The third-order valence-corrected chi connectivity index (χ3v) is 4.12. The molecule has 6 heteroatoms. The van der Waals surface area contributed by atoms with Crippen LogP contribution < -0.4 is 15.8 Å². The summed E-state index contributed by atoms with van der Waals surface area (Å²) in [5.74, 6) is 0.288. The second kappa shape index (κ2) is 5.88. The third-order valence-electron chi connectivity index (χ3n) is 4.12. The molecule has 1 radical (unpaired) electrons. The van der Waals surface area contributed by atoms with Crippen LogP contribution in [0.1, 0.15) is 29.7 Å². The van der Waals surface area contributed by atoms with Crippen LogP contribution in [0.5, 0.6) is 5.75 Å². The summed E-state index contributed by atoms with van der Waals surface area (Å²) in [5.41, 5.74) is 7.80. The molecule has 2 unspecified atom stereocenters. The number of ether oxygens (including phenoxy) is 2. The Kier molecular flexibility index (Phi) is 3.57. The zero-order valence-electron chi connectivity index (χ0n) is 12.9. The molecule has 2 atom stereocenters. The molecule has 0 aromatic heterocycles. The maximum absolute atomic E-state index is 11.7. The van der Waals surface area contributed by atoms with Gasteiger partial charge in [-0.05, 0) is 24.3 Å². The molecule has 0 saturated carbocycles. The lowest BCUT2D eigenvalue weighted by Crippen LogP contribution is -2.38. The van der Waals surface area contributed by atoms with E-state index in [1.54, 1.807) is 18.2 Å². The number of nitrogens with two attached hydrogens (primary N) is 1. The van der Waals surface area contributed by atoms with Gasteiger partial charge in [-0.15, -0.1) is 0 Å². The first kappa shape index (κ1) is 14.6. The van der Waals surface area contributed by atoms with E-state index in [0.29, 0.717) is 23.9 Å². The molecule has 0 aliphatic carbocycles. The predicted molar refractivity (Wildman–Crippen MR) is 87.8 cm³/mol. The summed E-state index contributed by atoms with van der Waals surface area (Å²) in [6.07, 6.45) is -0.0942. The van der Waals surface area contributed by atoms with Crippen LogP contribution in [0.3, 0.4) is 0 Å². The van der Waals surface area contributed by atoms with Gasteiger partial charge in [-0.3, -0.25) is 4.79 Å². The molecule has 4 rings (SSSR count). The lowest BCUT2D eigenvalue weighted by Gasteiger charge is -2.30. The van der Waals surface area contributed by atoms with E-state index in [2.05, 4.69) is 16.4 Å². The zero-order chi connectivity index (χ0) is 16.5. The third kappa shape index (κ3) is 2.56. The highest BCUT2D eigenvalue weighted by molar-refractivity contribution is 5.89. The lowest BCUT2D eigenvalue weighted by atomic mass is 10.0. The molecule has 2 aliphatic rings. The number of rotatable bonds is 2. The monoisotopic (exact) mass is 322 g/mol. The van der Waals surface area contributed by atoms with Gasteiger partial charge in [-0.1, -0.05) is 24.3 Å². The fraction of sp³-hybridized carbons (Fsp3) is 0.222. The standard InChI is InChI=1S/C18H16N3O3/c19-17(22)16-12-6-1-3-7-13(12)20-18(24-16)21-14-9-10-23-15-8-4-2-5-11(14)15/h2-8,14,16H,9-10H2,(H2,19,22)(H,20,21). The number of hydrogen-bond donors (Lipinski definition) is 2. The van der Waals surface area contributed by atoms with Crippen LogP contribution in [-0.4, -0.2) is 18.5 Å². The molecule has 24 heavy (non-hydrogen) atoms. The van der Waals surface area contributed by atoms with E-state index in [-0.39, 0.29) is 6.04 Å². The van der Waals surface area contributed by atoms with Gasteiger partial charge in [-0.2, -0.15) is 4.99 Å². The summed E-state index contributed by atoms with van der Waals surface area (Å²) in [6, 6.07) is 16.3. The molecule has 0 bridgehead atoms. The number of benzene rings is 2. The topological polar surface area (TPSA) is 85.9 Å². The number of para-hydroxylation sites is 1. The van der Waals surface area contributed by atoms with Crippen molar-refractivity contribution in [1.82, 2.24) is 5.32 Å². The Labute approximate surface area is 139 Å². The molecular weight excluding hydrogens is 306 g/mol. The SMILES string of the molecule is NC(=O)C1OC(NC2CCOc3ccccc32)=Nc2cc[c]cc21. The average molecular weight is 322 g/mol. The molecule has 2 aliphatic heterocycles. The van der Waals surface area contributed by atoms with Gasteiger partial charge in [0.15, 0.2) is 0 Å². The van der Waals surface area contributed by atoms with Crippen molar-refractivity contribution in [3.05, 3.63) is 59.7 Å². The second-order valence-electron chi connectivity index (χ2n) is 5.67. The van der Waals surface area contributed by atoms with Gasteiger partial charge in [0.1, 0.15) is 5.75 Å². The number of nitrogens with one attached hydrogen (secondary N) is 1. The first-order chi connectivity index (χ1) is 11.7. The van der Waals surface area contributed by atoms with E-state index >= 15 is 0 Å². The number of amidine groups is 1. The van der Waals surface area contributed by atoms with E-state index in [1.165, 1.54) is 0 Å². The zero-order valence-corrected chi connectivity index (χ0v) is 12.9. The van der Waals surface area contributed by atoms with Crippen molar-refractivity contribution in [2.75, 3.05) is 6.61 Å². The second-order valence-corrected chi connectivity index (χ2v) is 5.67. The van der Waals surface area contributed by atoms with Gasteiger partial charge in [0.05, 0.1) is 18.3 Å². The molecule has 121 valence electrons. The normalized spacial score (nSPS) is 21.4. The van der Waals surface area contributed by atoms with Gasteiger partial charge in [-0.25, -0.2) is 0 Å². The molecule has 0 fully saturated rings. The largest absolute Gasteiger partial charge is 0.493 e. The Morgan fingerprint density at radius 1 is 1.29 bits per heavy atom. The molecule has 2 aromatic rings. The van der Waals surface area contributed by atoms with E-state index in [0.717, 1.165) is 17.7 Å². The summed E-state index contributed by atoms with van der Waals surface area (Å²) >= 11 is 0. The van der Waals surface area contributed by atoms with Crippen molar-refractivity contribution in [1.29, 1.82) is 0 Å². The molecule has 0 saturated heterocycles. The highest BCUT2D eigenvalue weighted by atomic mass is 16.5. The van der Waals surface area contributed by atoms with Gasteiger partial charge < -0.3 is 20.5 Å². The predicted octanol–water partition coefficient (Wildman–Crippen LogP) is 2.14. The summed E-state index contributed by atoms with van der Waals surface area (Å²) < 4.78 is 11.4. The summed E-state index contributed by atoms with van der Waals surface area (Å²) in [5, 5.41) is 3.27. The van der Waals surface area contributed by atoms with Crippen molar-refractivity contribution in [3.63, 3.8) is 0 Å². The smallest absolute Gasteiger partial charge is 0.291 e. The van der Waals surface area contributed by atoms with Gasteiger partial charge in [0.2, 0.25) is 6.10 Å². The number of carbonyl (C=O) groups excluding carboxylic acids is 1. The summed E-state index contributed by atoms with van der Waals surface area (Å²) in [6.45, 7) is 0.604. The molecular formula is C18H16N3O3. The van der Waals surface area contributed by atoms with E-state index < -0.39 is 12.0 Å². The van der Waals surface area contributed by atoms with Gasteiger partial charge >= 0.3 is 0 Å². The molecule has 2 aromatic carbocycles. The molecule has 2 heterocycles. The number of amides is 1. The van der Waals surface area contributed by atoms with Crippen molar-refractivity contribution in [2.24, 2.45) is 10.7 Å². The minimum atomic E-state index is -0.868. The number of hydrogen-bond acceptors (Lipinski definition) is 5. The van der Waals surface area contributed by atoms with E-state index in [4.69, 9.17) is 15.2 Å². The van der Waals surface area contributed by atoms with Crippen LogP contribution in [0.2, 0.25) is 0 Å². The minimum Gasteiger partial charge on any atom is -0.493 e. The number of carbonyl (C=O) groups is 1. The lowest BCUT2D eigenvalue weighted by molar-refractivity contribution is -0.125. The number of aliphatic imine (C=N–C) groups is 1. The Morgan fingerprint density at radius 2 is 2.17 bits per heavy atom. The Bertz CT molecular complexity index is 819. The fourth-order valence-corrected chi connectivity index (χ4v) is 2.98. The average Bonchev–Trinajstić information content (AvgIpc) is 2.61. The van der Waals surface area contributed by atoms with Crippen LogP contribution in [0, 0.1) is 6.07 Å². The molecule has 3 N–H and O–H groups in total. The Morgan fingerprint density at radius 3 is 3.04 bits per heavy atom. The maximum atomic E-state index is 11.7. The van der Waals surface area contributed by atoms with Gasteiger partial charge in [0, 0.05) is 17.5 Å². The number of primary amides is 1. The number of fused-ring (bicyclic) bond motifs is 2. The first-order valence-corrected chi connectivity index (χ1v) is 7.75. The Balaban J connectivity index is 1.64.